The summed E-state index contributed by atoms with van der Waals surface area (Å²) in [5, 5.41) is 11.0. The normalized spacial score (nSPS) is 10.6. The van der Waals surface area contributed by atoms with Crippen molar-refractivity contribution in [3.8, 4) is 11.5 Å². The van der Waals surface area contributed by atoms with Crippen LogP contribution < -0.4 is 14.8 Å². The van der Waals surface area contributed by atoms with Crippen molar-refractivity contribution in [2.45, 2.75) is 13.3 Å². The number of carbonyl (C=O) groups excluding carboxylic acids is 1. The highest BCUT2D eigenvalue weighted by Gasteiger charge is 2.13. The number of hydrogen-bond acceptors (Lipinski definition) is 6. The molecule has 10 heteroatoms. The van der Waals surface area contributed by atoms with Crippen LogP contribution >= 0.6 is 0 Å². The number of carbonyl (C=O) groups is 1. The highest BCUT2D eigenvalue weighted by Crippen LogP contribution is 2.17. The van der Waals surface area contributed by atoms with Crippen LogP contribution in [0, 0.1) is 5.82 Å². The summed E-state index contributed by atoms with van der Waals surface area (Å²) in [6.45, 7) is 0.470. The Morgan fingerprint density at radius 3 is 2.65 bits per heavy atom. The van der Waals surface area contributed by atoms with E-state index in [0.29, 0.717) is 12.3 Å². The molecule has 158 valence electrons. The van der Waals surface area contributed by atoms with Crippen LogP contribution in [-0.4, -0.2) is 37.6 Å². The Balaban J connectivity index is 1.32. The molecule has 0 fully saturated rings. The van der Waals surface area contributed by atoms with Gasteiger partial charge in [0.1, 0.15) is 23.6 Å². The van der Waals surface area contributed by atoms with Crippen LogP contribution in [0.4, 0.5) is 10.3 Å². The molecule has 0 aliphatic rings. The number of nitrogens with one attached hydrogen (secondary N) is 1. The molecule has 31 heavy (non-hydrogen) atoms. The second-order valence-corrected chi connectivity index (χ2v) is 6.54. The first kappa shape index (κ1) is 20.1. The molecular weight excluding hydrogens is 403 g/mol. The van der Waals surface area contributed by atoms with E-state index in [4.69, 9.17) is 9.47 Å². The Kier molecular flexibility index (Phi) is 5.88. The van der Waals surface area contributed by atoms with Crippen LogP contribution in [0.2, 0.25) is 0 Å². The Hall–Kier alpha value is -4.21. The number of aromatic nitrogens is 5. The van der Waals surface area contributed by atoms with Gasteiger partial charge in [0.2, 0.25) is 5.95 Å². The van der Waals surface area contributed by atoms with Gasteiger partial charge in [0.15, 0.2) is 12.4 Å². The highest BCUT2D eigenvalue weighted by atomic mass is 19.1. The molecule has 0 aliphatic carbocycles. The van der Waals surface area contributed by atoms with Crippen LogP contribution in [0.1, 0.15) is 16.1 Å². The number of benzene rings is 2. The lowest BCUT2D eigenvalue weighted by Gasteiger charge is -2.07. The summed E-state index contributed by atoms with van der Waals surface area (Å²) in [5.41, 5.74) is 0.929. The lowest BCUT2D eigenvalue weighted by molar-refractivity contribution is 0.101. The number of rotatable bonds is 8. The van der Waals surface area contributed by atoms with Gasteiger partial charge in [-0.1, -0.05) is 12.1 Å². The maximum atomic E-state index is 13.3. The molecule has 4 aromatic rings. The third-order valence-corrected chi connectivity index (χ3v) is 4.29. The van der Waals surface area contributed by atoms with E-state index >= 15 is 0 Å². The summed E-state index contributed by atoms with van der Waals surface area (Å²) >= 11 is 0. The summed E-state index contributed by atoms with van der Waals surface area (Å²) in [6, 6.07) is 14.9. The van der Waals surface area contributed by atoms with E-state index < -0.39 is 5.91 Å². The van der Waals surface area contributed by atoms with Gasteiger partial charge in [0.05, 0.1) is 13.7 Å². The van der Waals surface area contributed by atoms with Crippen molar-refractivity contribution < 1.29 is 18.7 Å². The molecule has 2 heterocycles. The zero-order valence-corrected chi connectivity index (χ0v) is 16.6. The van der Waals surface area contributed by atoms with E-state index in [1.165, 1.54) is 27.8 Å². The van der Waals surface area contributed by atoms with Gasteiger partial charge in [-0.15, -0.1) is 5.10 Å². The molecule has 0 atom stereocenters. The maximum absolute atomic E-state index is 13.3. The zero-order valence-electron chi connectivity index (χ0n) is 16.6. The van der Waals surface area contributed by atoms with Crippen LogP contribution in [0.3, 0.4) is 0 Å². The van der Waals surface area contributed by atoms with Crippen LogP contribution in [-0.2, 0) is 13.3 Å². The molecule has 0 saturated heterocycles. The molecule has 2 aromatic heterocycles. The largest absolute Gasteiger partial charge is 0.497 e. The predicted octanol–water partition coefficient (Wildman–Crippen LogP) is 2.96. The quantitative estimate of drug-likeness (QED) is 0.469. The molecule has 0 spiro atoms. The Morgan fingerprint density at radius 2 is 1.87 bits per heavy atom. The fraction of sp³-hybridized carbons (Fsp3) is 0.143. The standard InChI is InChI=1S/C21H19FN6O3/c1-30-17-5-7-18(8-6-17)31-14-27-10-9-19(25-27)20(29)24-21-23-13-28(26-21)12-15-3-2-4-16(22)11-15/h2-11,13H,12,14H2,1H3,(H,24,26,29). The second kappa shape index (κ2) is 9.08. The van der Waals surface area contributed by atoms with Gasteiger partial charge in [-0.05, 0) is 48.0 Å². The summed E-state index contributed by atoms with van der Waals surface area (Å²) in [6.07, 6.45) is 3.09. The van der Waals surface area contributed by atoms with E-state index in [-0.39, 0.29) is 24.2 Å². The van der Waals surface area contributed by atoms with Gasteiger partial charge in [0.25, 0.3) is 5.91 Å². The maximum Gasteiger partial charge on any atom is 0.278 e. The van der Waals surface area contributed by atoms with Gasteiger partial charge in [0, 0.05) is 6.20 Å². The summed E-state index contributed by atoms with van der Waals surface area (Å²) in [7, 11) is 1.59. The fourth-order valence-corrected chi connectivity index (χ4v) is 2.78. The van der Waals surface area contributed by atoms with Crippen LogP contribution in [0.5, 0.6) is 11.5 Å². The van der Waals surface area contributed by atoms with E-state index in [1.807, 2.05) is 0 Å². The first-order valence-corrected chi connectivity index (χ1v) is 9.34. The summed E-state index contributed by atoms with van der Waals surface area (Å²) < 4.78 is 27.0. The summed E-state index contributed by atoms with van der Waals surface area (Å²) in [5.74, 6) is 0.738. The fourth-order valence-electron chi connectivity index (χ4n) is 2.78. The third-order valence-electron chi connectivity index (χ3n) is 4.29. The first-order valence-electron chi connectivity index (χ1n) is 9.34. The van der Waals surface area contributed by atoms with E-state index in [2.05, 4.69) is 20.5 Å². The smallest absolute Gasteiger partial charge is 0.278 e. The molecular formula is C21H19FN6O3. The van der Waals surface area contributed by atoms with Gasteiger partial charge in [-0.2, -0.15) is 5.10 Å². The van der Waals surface area contributed by atoms with Gasteiger partial charge >= 0.3 is 0 Å². The number of halogens is 1. The monoisotopic (exact) mass is 422 g/mol. The Morgan fingerprint density at radius 1 is 1.06 bits per heavy atom. The Labute approximate surface area is 177 Å². The van der Waals surface area contributed by atoms with Crippen molar-refractivity contribution in [3.05, 3.63) is 84.2 Å². The number of nitrogens with zero attached hydrogens (tertiary/aromatic N) is 5. The van der Waals surface area contributed by atoms with Crippen molar-refractivity contribution in [2.75, 3.05) is 12.4 Å². The first-order chi connectivity index (χ1) is 15.1. The SMILES string of the molecule is COc1ccc(OCn2ccc(C(=O)Nc3ncn(Cc4cccc(F)c4)n3)n2)cc1. The highest BCUT2D eigenvalue weighted by molar-refractivity contribution is 6.01. The predicted molar refractivity (Wildman–Crippen MR) is 109 cm³/mol. The van der Waals surface area contributed by atoms with Crippen molar-refractivity contribution >= 4 is 11.9 Å². The molecule has 2 aromatic carbocycles. The molecule has 0 saturated carbocycles. The van der Waals surface area contributed by atoms with Crippen molar-refractivity contribution in [1.82, 2.24) is 24.5 Å². The lowest BCUT2D eigenvalue weighted by Crippen LogP contribution is -2.15. The second-order valence-electron chi connectivity index (χ2n) is 6.54. The number of hydrogen-bond donors (Lipinski definition) is 1. The molecule has 0 bridgehead atoms. The number of amides is 1. The van der Waals surface area contributed by atoms with Gasteiger partial charge in [-0.3, -0.25) is 10.1 Å². The van der Waals surface area contributed by atoms with Crippen LogP contribution in [0.15, 0.2) is 67.1 Å². The Bertz CT molecular complexity index is 1170. The molecule has 1 amide bonds. The minimum Gasteiger partial charge on any atom is -0.497 e. The minimum atomic E-state index is -0.452. The average Bonchev–Trinajstić information content (AvgIpc) is 3.42. The number of ether oxygens (including phenoxy) is 2. The topological polar surface area (TPSA) is 96.1 Å². The summed E-state index contributed by atoms with van der Waals surface area (Å²) in [4.78, 5) is 16.5. The van der Waals surface area contributed by atoms with Crippen molar-refractivity contribution in [2.24, 2.45) is 0 Å². The number of anilines is 1. The van der Waals surface area contributed by atoms with E-state index in [0.717, 1.165) is 11.3 Å². The minimum absolute atomic E-state index is 0.130. The van der Waals surface area contributed by atoms with Gasteiger partial charge in [-0.25, -0.2) is 18.7 Å². The van der Waals surface area contributed by atoms with Crippen LogP contribution in [0.25, 0.3) is 0 Å². The van der Waals surface area contributed by atoms with Gasteiger partial charge < -0.3 is 9.47 Å². The zero-order chi connectivity index (χ0) is 21.6. The molecule has 4 rings (SSSR count). The third kappa shape index (κ3) is 5.24. The molecule has 9 nitrogen and oxygen atoms in total. The molecule has 0 aliphatic heterocycles. The van der Waals surface area contributed by atoms with Crippen molar-refractivity contribution in [3.63, 3.8) is 0 Å². The molecule has 1 N–H and O–H groups in total. The molecule has 0 radical (unpaired) electrons. The average molecular weight is 422 g/mol. The lowest BCUT2D eigenvalue weighted by atomic mass is 10.2. The van der Waals surface area contributed by atoms with E-state index in [1.54, 1.807) is 55.8 Å². The van der Waals surface area contributed by atoms with E-state index in [9.17, 15) is 9.18 Å². The number of methoxy groups -OCH3 is 1. The van der Waals surface area contributed by atoms with Crippen molar-refractivity contribution in [1.29, 1.82) is 0 Å². The molecule has 0 unspecified atom stereocenters.